The van der Waals surface area contributed by atoms with Crippen molar-refractivity contribution in [1.29, 1.82) is 0 Å². The van der Waals surface area contributed by atoms with Crippen LogP contribution in [0.4, 0.5) is 0 Å². The van der Waals surface area contributed by atoms with Crippen molar-refractivity contribution >= 4 is 28.9 Å². The van der Waals surface area contributed by atoms with Crippen LogP contribution in [0.25, 0.3) is 10.7 Å². The fraction of sp³-hybridized carbons (Fsp3) is 0.385. The molecule has 0 radical (unpaired) electrons. The van der Waals surface area contributed by atoms with Gasteiger partial charge in [0.05, 0.1) is 10.6 Å². The third-order valence-electron chi connectivity index (χ3n) is 3.41. The molecule has 3 heterocycles. The zero-order chi connectivity index (χ0) is 13.6. The predicted molar refractivity (Wildman–Crippen MR) is 74.9 cm³/mol. The number of carboxylic acid groups (broad SMARTS) is 1. The minimum atomic E-state index is -0.815. The highest BCUT2D eigenvalue weighted by atomic mass is 35.5. The molecule has 4 nitrogen and oxygen atoms in total. The molecule has 0 spiro atoms. The maximum absolute atomic E-state index is 11.4. The number of hydrogen-bond acceptors (Lipinski definition) is 3. The summed E-state index contributed by atoms with van der Waals surface area (Å²) >= 11 is 7.78. The molecule has 0 bridgehead atoms. The number of aromatic nitrogens is 2. The number of carbonyl (C=O) groups is 1. The summed E-state index contributed by atoms with van der Waals surface area (Å²) in [6, 6.07) is 3.43. The number of rotatable bonds is 2. The van der Waals surface area contributed by atoms with Gasteiger partial charge in [0.1, 0.15) is 6.04 Å². The number of fused-ring (bicyclic) bond motifs is 1. The van der Waals surface area contributed by atoms with Crippen molar-refractivity contribution in [2.75, 3.05) is 0 Å². The van der Waals surface area contributed by atoms with E-state index >= 15 is 0 Å². The van der Waals surface area contributed by atoms with Crippen LogP contribution in [0.3, 0.4) is 0 Å². The highest BCUT2D eigenvalue weighted by molar-refractivity contribution is 7.15. The zero-order valence-corrected chi connectivity index (χ0v) is 12.0. The van der Waals surface area contributed by atoms with Gasteiger partial charge in [0.2, 0.25) is 0 Å². The molecular weight excluding hydrogens is 284 g/mol. The number of thiophene rings is 1. The summed E-state index contributed by atoms with van der Waals surface area (Å²) < 4.78 is 1.80. The Kier molecular flexibility index (Phi) is 3.11. The quantitative estimate of drug-likeness (QED) is 0.922. The lowest BCUT2D eigenvalue weighted by Crippen LogP contribution is -2.25. The molecule has 1 aliphatic heterocycles. The molecule has 2 aromatic rings. The molecule has 3 rings (SSSR count). The Morgan fingerprint density at radius 3 is 3.00 bits per heavy atom. The average molecular weight is 297 g/mol. The monoisotopic (exact) mass is 296 g/mol. The van der Waals surface area contributed by atoms with Gasteiger partial charge in [0.25, 0.3) is 0 Å². The van der Waals surface area contributed by atoms with E-state index in [1.165, 1.54) is 4.88 Å². The second-order valence-corrected chi connectivity index (χ2v) is 6.35. The second-order valence-electron chi connectivity index (χ2n) is 4.70. The lowest BCUT2D eigenvalue weighted by atomic mass is 10.0. The molecule has 0 amide bonds. The first-order chi connectivity index (χ1) is 9.08. The summed E-state index contributed by atoms with van der Waals surface area (Å²) in [5.41, 5.74) is 0.848. The van der Waals surface area contributed by atoms with Gasteiger partial charge in [-0.15, -0.1) is 11.3 Å². The van der Waals surface area contributed by atoms with Crippen LogP contribution in [0, 0.1) is 6.92 Å². The van der Waals surface area contributed by atoms with Crippen molar-refractivity contribution in [3.05, 3.63) is 27.9 Å². The Labute approximate surface area is 119 Å². The van der Waals surface area contributed by atoms with Gasteiger partial charge in [0.15, 0.2) is 11.0 Å². The predicted octanol–water partition coefficient (Wildman–Crippen LogP) is 3.54. The van der Waals surface area contributed by atoms with Crippen molar-refractivity contribution in [3.8, 4) is 10.7 Å². The van der Waals surface area contributed by atoms with Crippen molar-refractivity contribution in [1.82, 2.24) is 9.55 Å². The van der Waals surface area contributed by atoms with Gasteiger partial charge in [-0.05, 0) is 38.3 Å². The lowest BCUT2D eigenvalue weighted by molar-refractivity contribution is -0.141. The molecule has 0 aromatic carbocycles. The van der Waals surface area contributed by atoms with Gasteiger partial charge >= 0.3 is 5.97 Å². The molecule has 1 unspecified atom stereocenters. The molecular formula is C13H13ClN2O2S. The third-order valence-corrected chi connectivity index (χ3v) is 4.71. The highest BCUT2D eigenvalue weighted by Crippen LogP contribution is 2.37. The Morgan fingerprint density at radius 1 is 1.58 bits per heavy atom. The van der Waals surface area contributed by atoms with Crippen LogP contribution in [0.1, 0.15) is 29.5 Å². The molecule has 1 aliphatic rings. The van der Waals surface area contributed by atoms with Gasteiger partial charge < -0.3 is 9.67 Å². The molecule has 0 fully saturated rings. The maximum Gasteiger partial charge on any atom is 0.326 e. The molecule has 0 aliphatic carbocycles. The molecule has 0 saturated carbocycles. The lowest BCUT2D eigenvalue weighted by Gasteiger charge is -2.23. The number of aliphatic carboxylic acids is 1. The minimum absolute atomic E-state index is 0.437. The van der Waals surface area contributed by atoms with Gasteiger partial charge in [-0.1, -0.05) is 11.6 Å². The first-order valence-electron chi connectivity index (χ1n) is 6.14. The Balaban J connectivity index is 2.19. The van der Waals surface area contributed by atoms with Gasteiger partial charge in [-0.25, -0.2) is 9.78 Å². The second kappa shape index (κ2) is 4.65. The smallest absolute Gasteiger partial charge is 0.326 e. The topological polar surface area (TPSA) is 55.1 Å². The summed E-state index contributed by atoms with van der Waals surface area (Å²) in [4.78, 5) is 18.0. The highest BCUT2D eigenvalue weighted by Gasteiger charge is 2.31. The van der Waals surface area contributed by atoms with Crippen molar-refractivity contribution in [2.45, 2.75) is 32.2 Å². The summed E-state index contributed by atoms with van der Waals surface area (Å²) in [6.45, 7) is 2.02. The van der Waals surface area contributed by atoms with Crippen LogP contribution in [0.5, 0.6) is 0 Å². The molecule has 1 N–H and O–H groups in total. The molecule has 6 heteroatoms. The van der Waals surface area contributed by atoms with Crippen molar-refractivity contribution in [2.24, 2.45) is 0 Å². The SMILES string of the molecule is Cc1ccc(-c2nc(Cl)c3n2C(C(=O)O)CCC3)s1. The van der Waals surface area contributed by atoms with Crippen LogP contribution in [0.15, 0.2) is 12.1 Å². The van der Waals surface area contributed by atoms with E-state index in [9.17, 15) is 9.90 Å². The number of carboxylic acids is 1. The van der Waals surface area contributed by atoms with Crippen molar-refractivity contribution < 1.29 is 9.90 Å². The first-order valence-corrected chi connectivity index (χ1v) is 7.33. The summed E-state index contributed by atoms with van der Waals surface area (Å²) in [7, 11) is 0. The number of halogens is 1. The van der Waals surface area contributed by atoms with Crippen LogP contribution in [0.2, 0.25) is 5.15 Å². The number of aryl methyl sites for hydroxylation is 1. The summed E-state index contributed by atoms with van der Waals surface area (Å²) in [5.74, 6) is -0.130. The summed E-state index contributed by atoms with van der Waals surface area (Å²) in [6.07, 6.45) is 2.26. The molecule has 2 aromatic heterocycles. The molecule has 19 heavy (non-hydrogen) atoms. The van der Waals surface area contributed by atoms with Crippen LogP contribution in [-0.2, 0) is 11.2 Å². The molecule has 0 saturated heterocycles. The first kappa shape index (κ1) is 12.7. The van der Waals surface area contributed by atoms with Gasteiger partial charge in [-0.3, -0.25) is 0 Å². The molecule has 1 atom stereocenters. The van der Waals surface area contributed by atoms with Crippen molar-refractivity contribution in [3.63, 3.8) is 0 Å². The maximum atomic E-state index is 11.4. The van der Waals surface area contributed by atoms with E-state index in [2.05, 4.69) is 4.98 Å². The van der Waals surface area contributed by atoms with Gasteiger partial charge in [-0.2, -0.15) is 0 Å². The van der Waals surface area contributed by atoms with Crippen LogP contribution < -0.4 is 0 Å². The van der Waals surface area contributed by atoms with E-state index < -0.39 is 12.0 Å². The molecule has 100 valence electrons. The standard InChI is InChI=1S/C13H13ClN2O2S/c1-7-5-6-10(19-7)12-15-11(14)8-3-2-4-9(13(17)18)16(8)12/h5-6,9H,2-4H2,1H3,(H,17,18). The Bertz CT molecular complexity index is 647. The van der Waals surface area contributed by atoms with E-state index in [0.717, 1.165) is 23.4 Å². The van der Waals surface area contributed by atoms with E-state index in [-0.39, 0.29) is 0 Å². The number of hydrogen-bond donors (Lipinski definition) is 1. The normalized spacial score (nSPS) is 18.3. The van der Waals surface area contributed by atoms with Crippen LogP contribution in [-0.4, -0.2) is 20.6 Å². The fourth-order valence-electron chi connectivity index (χ4n) is 2.55. The van der Waals surface area contributed by atoms with Crippen LogP contribution >= 0.6 is 22.9 Å². The third kappa shape index (κ3) is 2.07. The largest absolute Gasteiger partial charge is 0.480 e. The van der Waals surface area contributed by atoms with E-state index in [1.807, 2.05) is 19.1 Å². The fourth-order valence-corrected chi connectivity index (χ4v) is 3.67. The number of nitrogens with zero attached hydrogens (tertiary/aromatic N) is 2. The Morgan fingerprint density at radius 2 is 2.37 bits per heavy atom. The Hall–Kier alpha value is -1.33. The van der Waals surface area contributed by atoms with E-state index in [4.69, 9.17) is 11.6 Å². The number of imidazole rings is 1. The minimum Gasteiger partial charge on any atom is -0.480 e. The van der Waals surface area contributed by atoms with E-state index in [1.54, 1.807) is 15.9 Å². The van der Waals surface area contributed by atoms with Gasteiger partial charge in [0, 0.05) is 4.88 Å². The zero-order valence-electron chi connectivity index (χ0n) is 10.4. The summed E-state index contributed by atoms with van der Waals surface area (Å²) in [5, 5.41) is 9.82. The van der Waals surface area contributed by atoms with E-state index in [0.29, 0.717) is 17.4 Å². The average Bonchev–Trinajstić information content (AvgIpc) is 2.94.